The summed E-state index contributed by atoms with van der Waals surface area (Å²) >= 11 is 0. The van der Waals surface area contributed by atoms with Crippen LogP contribution in [0.1, 0.15) is 27.0 Å². The first-order chi connectivity index (χ1) is 18.8. The van der Waals surface area contributed by atoms with E-state index in [1.165, 1.54) is 29.2 Å². The van der Waals surface area contributed by atoms with Gasteiger partial charge < -0.3 is 45.6 Å². The second kappa shape index (κ2) is 9.83. The van der Waals surface area contributed by atoms with E-state index in [-0.39, 0.29) is 41.9 Å². The highest BCUT2D eigenvalue weighted by molar-refractivity contribution is 6.08. The van der Waals surface area contributed by atoms with E-state index in [1.54, 1.807) is 11.4 Å². The van der Waals surface area contributed by atoms with Gasteiger partial charge in [0, 0.05) is 54.1 Å². The van der Waals surface area contributed by atoms with E-state index in [0.717, 1.165) is 6.07 Å². The van der Waals surface area contributed by atoms with Gasteiger partial charge in [-0.1, -0.05) is 6.07 Å². The Hall–Kier alpha value is -3.54. The Balaban J connectivity index is 1.38. The number of hydrogen-bond donors (Lipinski definition) is 8. The molecule has 214 valence electrons. The number of nitrogens with zero attached hydrogens (tertiary/aromatic N) is 2. The third kappa shape index (κ3) is 4.42. The Morgan fingerprint density at radius 2 is 1.77 bits per heavy atom. The highest BCUT2D eigenvalue weighted by Crippen LogP contribution is 2.37. The second-order valence-electron chi connectivity index (χ2n) is 9.78. The molecular weight excluding hydrogens is 535 g/mol. The average Bonchev–Trinajstić information content (AvgIpc) is 3.24. The lowest BCUT2D eigenvalue weighted by molar-refractivity contribution is -0.355. The Bertz CT molecular complexity index is 1380. The first-order valence-corrected chi connectivity index (χ1v) is 12.2. The van der Waals surface area contributed by atoms with Crippen molar-refractivity contribution in [2.75, 3.05) is 31.6 Å². The minimum Gasteiger partial charge on any atom is -0.381 e. The molecule has 0 saturated carbocycles. The van der Waals surface area contributed by atoms with Crippen molar-refractivity contribution in [3.05, 3.63) is 64.5 Å². The van der Waals surface area contributed by atoms with Gasteiger partial charge in [-0.05, 0) is 30.3 Å². The number of anilines is 1. The topological polar surface area (TPSA) is 212 Å². The van der Waals surface area contributed by atoms with Crippen LogP contribution in [0.15, 0.2) is 36.4 Å². The molecule has 14 nitrogen and oxygen atoms in total. The maximum atomic E-state index is 14.7. The number of ether oxygens (including phenoxy) is 1. The van der Waals surface area contributed by atoms with Gasteiger partial charge in [0.25, 0.3) is 29.4 Å². The third-order valence-corrected chi connectivity index (χ3v) is 7.36. The van der Waals surface area contributed by atoms with Crippen LogP contribution in [0.2, 0.25) is 0 Å². The van der Waals surface area contributed by atoms with Crippen LogP contribution in [-0.4, -0.2) is 102 Å². The van der Waals surface area contributed by atoms with Crippen molar-refractivity contribution in [1.29, 1.82) is 0 Å². The molecule has 2 aromatic carbocycles. The number of aliphatic hydroxyl groups is 6. The summed E-state index contributed by atoms with van der Waals surface area (Å²) in [7, 11) is 0. The van der Waals surface area contributed by atoms with Crippen molar-refractivity contribution >= 4 is 23.4 Å². The zero-order valence-electron chi connectivity index (χ0n) is 20.9. The van der Waals surface area contributed by atoms with Crippen LogP contribution >= 0.6 is 0 Å². The zero-order chi connectivity index (χ0) is 29.0. The molecule has 0 spiro atoms. The molecule has 1 unspecified atom stereocenters. The SMILES string of the molecule is O=C1NC(=O)C(O)(O)C(O)(O)C1N1Cc2c(NCc3cc(C(O)(O)N4CCOCC4)ccc3F)cccc2C1=O. The number of morpholine rings is 1. The smallest absolute Gasteiger partial charge is 0.303 e. The fourth-order valence-corrected chi connectivity index (χ4v) is 5.06. The standard InChI is InChI=1S/C25H27FN4O10/c26-17-5-4-14(25(38,39)29-6-8-40-9-7-29)10-13(17)11-27-18-3-1-2-15-16(18)12-30(21(15)32)19-20(31)28-22(33)24(36,37)23(19,34)35/h1-5,10,19,27,34-39H,6-9,11-12H2,(H,28,31,33). The minimum atomic E-state index is -3.79. The summed E-state index contributed by atoms with van der Waals surface area (Å²) in [6, 6.07) is 5.80. The number of piperidine rings is 1. The number of amides is 3. The molecular formula is C25H27FN4O10. The van der Waals surface area contributed by atoms with Gasteiger partial charge in [-0.15, -0.1) is 0 Å². The maximum Gasteiger partial charge on any atom is 0.303 e. The van der Waals surface area contributed by atoms with E-state index >= 15 is 0 Å². The molecule has 5 rings (SSSR count). The Morgan fingerprint density at radius 1 is 1.07 bits per heavy atom. The van der Waals surface area contributed by atoms with Gasteiger partial charge in [-0.2, -0.15) is 0 Å². The Kier molecular flexibility index (Phi) is 6.88. The van der Waals surface area contributed by atoms with Gasteiger partial charge in [-0.3, -0.25) is 19.7 Å². The molecule has 0 bridgehead atoms. The van der Waals surface area contributed by atoms with Crippen LogP contribution in [0.3, 0.4) is 0 Å². The van der Waals surface area contributed by atoms with Crippen molar-refractivity contribution in [2.45, 2.75) is 36.6 Å². The number of nitrogens with one attached hydrogen (secondary N) is 2. The van der Waals surface area contributed by atoms with E-state index in [0.29, 0.717) is 23.8 Å². The average molecular weight is 563 g/mol. The fraction of sp³-hybridized carbons (Fsp3) is 0.400. The molecule has 15 heteroatoms. The summed E-state index contributed by atoms with van der Waals surface area (Å²) < 4.78 is 19.9. The number of benzene rings is 2. The highest BCUT2D eigenvalue weighted by atomic mass is 19.1. The molecule has 1 atom stereocenters. The van der Waals surface area contributed by atoms with Gasteiger partial charge in [0.15, 0.2) is 6.04 Å². The molecule has 2 fully saturated rings. The molecule has 8 N–H and O–H groups in total. The molecule has 3 heterocycles. The molecule has 0 aromatic heterocycles. The Morgan fingerprint density at radius 3 is 2.48 bits per heavy atom. The lowest BCUT2D eigenvalue weighted by atomic mass is 9.90. The quantitative estimate of drug-likeness (QED) is 0.133. The number of halogens is 1. The number of carbonyl (C=O) groups is 3. The van der Waals surface area contributed by atoms with Crippen molar-refractivity contribution in [3.63, 3.8) is 0 Å². The molecule has 3 amide bonds. The van der Waals surface area contributed by atoms with E-state index in [1.807, 2.05) is 0 Å². The number of fused-ring (bicyclic) bond motifs is 1. The third-order valence-electron chi connectivity index (χ3n) is 7.36. The van der Waals surface area contributed by atoms with Crippen molar-refractivity contribution in [3.8, 4) is 0 Å². The van der Waals surface area contributed by atoms with Crippen LogP contribution < -0.4 is 10.6 Å². The predicted octanol–water partition coefficient (Wildman–Crippen LogP) is -2.79. The van der Waals surface area contributed by atoms with Gasteiger partial charge in [0.2, 0.25) is 0 Å². The Labute approximate surface area is 225 Å². The second-order valence-corrected chi connectivity index (χ2v) is 9.78. The maximum absolute atomic E-state index is 14.7. The monoisotopic (exact) mass is 562 g/mol. The first-order valence-electron chi connectivity index (χ1n) is 12.2. The number of hydrogen-bond acceptors (Lipinski definition) is 12. The van der Waals surface area contributed by atoms with E-state index in [4.69, 9.17) is 4.74 Å². The van der Waals surface area contributed by atoms with Crippen LogP contribution in [0.25, 0.3) is 0 Å². The van der Waals surface area contributed by atoms with Crippen LogP contribution in [-0.2, 0) is 33.3 Å². The van der Waals surface area contributed by atoms with E-state index < -0.39 is 53.6 Å². The predicted molar refractivity (Wildman–Crippen MR) is 130 cm³/mol. The summed E-state index contributed by atoms with van der Waals surface area (Å²) in [5.74, 6) is -14.5. The highest BCUT2D eigenvalue weighted by Gasteiger charge is 2.67. The summed E-state index contributed by atoms with van der Waals surface area (Å²) in [5, 5.41) is 66.7. The largest absolute Gasteiger partial charge is 0.381 e. The van der Waals surface area contributed by atoms with Gasteiger partial charge in [-0.25, -0.2) is 9.29 Å². The van der Waals surface area contributed by atoms with Crippen LogP contribution in [0, 0.1) is 5.82 Å². The lowest BCUT2D eigenvalue weighted by Crippen LogP contribution is -2.79. The first kappa shape index (κ1) is 28.0. The molecule has 3 aliphatic heterocycles. The molecule has 0 radical (unpaired) electrons. The van der Waals surface area contributed by atoms with Crippen molar-refractivity contribution in [2.24, 2.45) is 0 Å². The minimum absolute atomic E-state index is 0.0313. The number of imide groups is 1. The van der Waals surface area contributed by atoms with Gasteiger partial charge >= 0.3 is 5.79 Å². The molecule has 2 saturated heterocycles. The summed E-state index contributed by atoms with van der Waals surface area (Å²) in [5.41, 5.74) is 0.719. The zero-order valence-corrected chi connectivity index (χ0v) is 20.9. The summed E-state index contributed by atoms with van der Waals surface area (Å²) in [6.07, 6.45) is 0. The molecule has 0 aliphatic carbocycles. The molecule has 2 aromatic rings. The van der Waals surface area contributed by atoms with Crippen molar-refractivity contribution < 1.29 is 54.2 Å². The number of carbonyl (C=O) groups excluding carboxylic acids is 3. The van der Waals surface area contributed by atoms with Gasteiger partial charge in [0.05, 0.1) is 13.2 Å². The fourth-order valence-electron chi connectivity index (χ4n) is 5.06. The summed E-state index contributed by atoms with van der Waals surface area (Å²) in [4.78, 5) is 39.4. The van der Waals surface area contributed by atoms with E-state index in [9.17, 15) is 49.4 Å². The van der Waals surface area contributed by atoms with E-state index in [2.05, 4.69) is 5.32 Å². The van der Waals surface area contributed by atoms with Gasteiger partial charge in [0.1, 0.15) is 5.82 Å². The summed E-state index contributed by atoms with van der Waals surface area (Å²) in [6.45, 7) is 0.542. The van der Waals surface area contributed by atoms with Crippen molar-refractivity contribution in [1.82, 2.24) is 15.1 Å². The molecule has 40 heavy (non-hydrogen) atoms. The normalized spacial score (nSPS) is 22.7. The number of rotatable bonds is 6. The van der Waals surface area contributed by atoms with Crippen LogP contribution in [0.5, 0.6) is 0 Å². The van der Waals surface area contributed by atoms with Crippen LogP contribution in [0.4, 0.5) is 10.1 Å². The lowest BCUT2D eigenvalue weighted by Gasteiger charge is -2.44. The molecule has 3 aliphatic rings.